The largest absolute Gasteiger partial charge is 0.257 e. The quantitative estimate of drug-likeness (QED) is 0.644. The van der Waals surface area contributed by atoms with Crippen molar-refractivity contribution in [2.45, 2.75) is 6.42 Å². The third kappa shape index (κ3) is 1.97. The number of halogens is 1. The first-order valence-corrected chi connectivity index (χ1v) is 7.56. The molecule has 0 saturated heterocycles. The van der Waals surface area contributed by atoms with E-state index in [1.165, 1.54) is 12.1 Å². The molecule has 0 N–H and O–H groups in total. The first-order chi connectivity index (χ1) is 9.81. The number of benzene rings is 1. The van der Waals surface area contributed by atoms with Gasteiger partial charge >= 0.3 is 0 Å². The van der Waals surface area contributed by atoms with Crippen molar-refractivity contribution in [3.05, 3.63) is 65.7 Å². The molecule has 0 aromatic heterocycles. The summed E-state index contributed by atoms with van der Waals surface area (Å²) in [7, 11) is 0. The summed E-state index contributed by atoms with van der Waals surface area (Å²) < 4.78 is 0. The predicted molar refractivity (Wildman–Crippen MR) is 84.5 cm³/mol. The number of nitrogens with zero attached hydrogens (tertiary/aromatic N) is 1. The number of fused-ring (bicyclic) bond motifs is 6. The molecule has 4 rings (SSSR count). The average Bonchev–Trinajstić information content (AvgIpc) is 2.83. The van der Waals surface area contributed by atoms with E-state index in [4.69, 9.17) is 16.6 Å². The summed E-state index contributed by atoms with van der Waals surface area (Å²) in [4.78, 5) is 4.96. The van der Waals surface area contributed by atoms with E-state index in [0.29, 0.717) is 23.7 Å². The summed E-state index contributed by atoms with van der Waals surface area (Å²) >= 11 is 5.95. The third-order valence-electron chi connectivity index (χ3n) is 4.59. The van der Waals surface area contributed by atoms with Crippen molar-refractivity contribution in [1.29, 1.82) is 0 Å². The van der Waals surface area contributed by atoms with Crippen LogP contribution >= 0.6 is 11.6 Å². The molecule has 1 fully saturated rings. The standard InChI is InChI=1S/C18H16ClN/c19-14-7-9-15(10-8-14)20-18-16-3-1-2-4-17(18)13-6-5-12(16)11-13/h1-10,12-13,16-17H,11H2/t12-,13+,16+,17-. The maximum atomic E-state index is 5.95. The van der Waals surface area contributed by atoms with Crippen molar-refractivity contribution in [3.8, 4) is 0 Å². The van der Waals surface area contributed by atoms with Crippen LogP contribution in [0.3, 0.4) is 0 Å². The van der Waals surface area contributed by atoms with Gasteiger partial charge in [0.05, 0.1) is 5.69 Å². The van der Waals surface area contributed by atoms with Crippen LogP contribution in [0.25, 0.3) is 0 Å². The van der Waals surface area contributed by atoms with Gasteiger partial charge in [-0.05, 0) is 42.5 Å². The molecular formula is C18H16ClN. The number of rotatable bonds is 1. The van der Waals surface area contributed by atoms with Crippen LogP contribution in [0.2, 0.25) is 5.02 Å². The molecule has 2 heteroatoms. The maximum absolute atomic E-state index is 5.95. The normalized spacial score (nSPS) is 35.5. The van der Waals surface area contributed by atoms with Gasteiger partial charge in [-0.3, -0.25) is 4.99 Å². The van der Waals surface area contributed by atoms with Gasteiger partial charge in [-0.25, -0.2) is 0 Å². The van der Waals surface area contributed by atoms with E-state index in [2.05, 4.69) is 36.5 Å². The first-order valence-electron chi connectivity index (χ1n) is 7.18. The van der Waals surface area contributed by atoms with E-state index in [1.54, 1.807) is 0 Å². The van der Waals surface area contributed by atoms with Gasteiger partial charge in [0, 0.05) is 22.6 Å². The molecule has 1 aromatic carbocycles. The van der Waals surface area contributed by atoms with E-state index < -0.39 is 0 Å². The third-order valence-corrected chi connectivity index (χ3v) is 4.84. The van der Waals surface area contributed by atoms with E-state index in [9.17, 15) is 0 Å². The topological polar surface area (TPSA) is 12.4 Å². The molecule has 0 amide bonds. The Kier molecular flexibility index (Phi) is 2.89. The van der Waals surface area contributed by atoms with Crippen molar-refractivity contribution >= 4 is 23.0 Å². The van der Waals surface area contributed by atoms with E-state index in [0.717, 1.165) is 10.7 Å². The second-order valence-corrected chi connectivity index (χ2v) is 6.22. The summed E-state index contributed by atoms with van der Waals surface area (Å²) in [6.07, 6.45) is 15.0. The molecule has 3 aliphatic carbocycles. The Labute approximate surface area is 124 Å². The lowest BCUT2D eigenvalue weighted by Crippen LogP contribution is -2.34. The van der Waals surface area contributed by atoms with Crippen molar-refractivity contribution in [2.75, 3.05) is 0 Å². The van der Waals surface area contributed by atoms with Crippen molar-refractivity contribution in [3.63, 3.8) is 0 Å². The zero-order chi connectivity index (χ0) is 13.5. The van der Waals surface area contributed by atoms with Crippen LogP contribution in [0, 0.1) is 23.7 Å². The van der Waals surface area contributed by atoms with E-state index in [-0.39, 0.29) is 0 Å². The van der Waals surface area contributed by atoms with Crippen LogP contribution in [-0.2, 0) is 0 Å². The fraction of sp³-hybridized carbons (Fsp3) is 0.278. The van der Waals surface area contributed by atoms with E-state index in [1.807, 2.05) is 24.3 Å². The van der Waals surface area contributed by atoms with Crippen molar-refractivity contribution < 1.29 is 0 Å². The fourth-order valence-electron chi connectivity index (χ4n) is 3.61. The monoisotopic (exact) mass is 281 g/mol. The minimum atomic E-state index is 0.445. The summed E-state index contributed by atoms with van der Waals surface area (Å²) in [6.45, 7) is 0. The SMILES string of the molecule is Clc1ccc(N=C2[C@H]3C=CC=C[C@@H]2[C@H]2C=C[C@@H]3C2)cc1. The van der Waals surface area contributed by atoms with Crippen LogP contribution in [0.1, 0.15) is 6.42 Å². The smallest absolute Gasteiger partial charge is 0.0630 e. The number of hydrogen-bond acceptors (Lipinski definition) is 1. The van der Waals surface area contributed by atoms with Crippen molar-refractivity contribution in [1.82, 2.24) is 0 Å². The first kappa shape index (κ1) is 12.2. The molecule has 1 nitrogen and oxygen atoms in total. The Balaban J connectivity index is 1.78. The minimum Gasteiger partial charge on any atom is -0.257 e. The van der Waals surface area contributed by atoms with Crippen molar-refractivity contribution in [2.24, 2.45) is 28.7 Å². The Hall–Kier alpha value is -1.60. The van der Waals surface area contributed by atoms with Crippen LogP contribution in [0.5, 0.6) is 0 Å². The number of hydrogen-bond donors (Lipinski definition) is 0. The molecule has 3 aliphatic rings. The Morgan fingerprint density at radius 3 is 2.05 bits per heavy atom. The zero-order valence-electron chi connectivity index (χ0n) is 11.1. The van der Waals surface area contributed by atoms with Gasteiger partial charge in [0.2, 0.25) is 0 Å². The summed E-state index contributed by atoms with van der Waals surface area (Å²) in [6, 6.07) is 7.81. The van der Waals surface area contributed by atoms with Crippen LogP contribution < -0.4 is 0 Å². The van der Waals surface area contributed by atoms with Gasteiger partial charge in [0.15, 0.2) is 0 Å². The molecule has 1 saturated carbocycles. The highest BCUT2D eigenvalue weighted by molar-refractivity contribution is 6.30. The van der Waals surface area contributed by atoms with E-state index >= 15 is 0 Å². The zero-order valence-corrected chi connectivity index (χ0v) is 11.9. The molecule has 0 radical (unpaired) electrons. The van der Waals surface area contributed by atoms with Crippen LogP contribution in [0.4, 0.5) is 5.69 Å². The predicted octanol–water partition coefficient (Wildman–Crippen LogP) is 4.98. The molecular weight excluding hydrogens is 266 g/mol. The highest BCUT2D eigenvalue weighted by Crippen LogP contribution is 2.45. The lowest BCUT2D eigenvalue weighted by Gasteiger charge is -2.33. The highest BCUT2D eigenvalue weighted by Gasteiger charge is 2.41. The molecule has 0 spiro atoms. The Morgan fingerprint density at radius 1 is 0.850 bits per heavy atom. The van der Waals surface area contributed by atoms with Gasteiger partial charge < -0.3 is 0 Å². The molecule has 20 heavy (non-hydrogen) atoms. The Bertz CT molecular complexity index is 606. The average molecular weight is 282 g/mol. The second kappa shape index (κ2) is 4.75. The van der Waals surface area contributed by atoms with Gasteiger partial charge in [-0.15, -0.1) is 0 Å². The molecule has 0 heterocycles. The molecule has 0 unspecified atom stereocenters. The molecule has 0 aliphatic heterocycles. The molecule has 1 aromatic rings. The summed E-state index contributed by atoms with van der Waals surface area (Å²) in [5.41, 5.74) is 2.31. The van der Waals surface area contributed by atoms with Crippen LogP contribution in [-0.4, -0.2) is 5.71 Å². The fourth-order valence-corrected chi connectivity index (χ4v) is 3.74. The summed E-state index contributed by atoms with van der Waals surface area (Å²) in [5, 5.41) is 0.761. The lowest BCUT2D eigenvalue weighted by atomic mass is 9.71. The molecule has 4 bridgehead atoms. The number of allylic oxidation sites excluding steroid dienone is 6. The van der Waals surface area contributed by atoms with Gasteiger partial charge in [-0.2, -0.15) is 0 Å². The van der Waals surface area contributed by atoms with Gasteiger partial charge in [0.1, 0.15) is 0 Å². The van der Waals surface area contributed by atoms with Crippen LogP contribution in [0.15, 0.2) is 65.7 Å². The van der Waals surface area contributed by atoms with Gasteiger partial charge in [0.25, 0.3) is 0 Å². The van der Waals surface area contributed by atoms with Gasteiger partial charge in [-0.1, -0.05) is 48.1 Å². The lowest BCUT2D eigenvalue weighted by molar-refractivity contribution is 0.406. The Morgan fingerprint density at radius 2 is 1.45 bits per heavy atom. The second-order valence-electron chi connectivity index (χ2n) is 5.78. The highest BCUT2D eigenvalue weighted by atomic mass is 35.5. The minimum absolute atomic E-state index is 0.445. The molecule has 100 valence electrons. The maximum Gasteiger partial charge on any atom is 0.0630 e. The number of aliphatic imine (C=N–C) groups is 1. The summed E-state index contributed by atoms with van der Waals surface area (Å²) in [5.74, 6) is 2.14. The molecule has 4 atom stereocenters.